The molecule has 0 bridgehead atoms. The molecule has 0 aliphatic carbocycles. The quantitative estimate of drug-likeness (QED) is 0.333. The molecule has 0 aromatic rings. The third kappa shape index (κ3) is 4.38. The normalized spacial score (nSPS) is 14.2. The van der Waals surface area contributed by atoms with Gasteiger partial charge in [0.2, 0.25) is 6.10 Å². The molecule has 8 heteroatoms. The second-order valence-corrected chi connectivity index (χ2v) is 2.74. The van der Waals surface area contributed by atoms with Crippen LogP contribution in [-0.4, -0.2) is 44.6 Å². The lowest BCUT2D eigenvalue weighted by Gasteiger charge is -2.16. The van der Waals surface area contributed by atoms with Crippen LogP contribution in [0, 0.1) is 5.92 Å². The van der Waals surface area contributed by atoms with Crippen LogP contribution < -0.4 is 0 Å². The van der Waals surface area contributed by atoms with Gasteiger partial charge in [-0.2, -0.15) is 0 Å². The summed E-state index contributed by atoms with van der Waals surface area (Å²) in [7, 11) is 0. The molecular weight excluding hydrogens is 212 g/mol. The summed E-state index contributed by atoms with van der Waals surface area (Å²) < 4.78 is 0. The van der Waals surface area contributed by atoms with E-state index in [0.717, 1.165) is 0 Å². The number of aliphatic carboxylic acids is 3. The van der Waals surface area contributed by atoms with Gasteiger partial charge < -0.3 is 15.3 Å². The number of hydrogen-bond acceptors (Lipinski definition) is 5. The molecule has 2 unspecified atom stereocenters. The molecule has 0 aliphatic heterocycles. The first kappa shape index (κ1) is 13.3. The summed E-state index contributed by atoms with van der Waals surface area (Å²) >= 11 is 0. The molecule has 0 fully saturated rings. The number of carboxylic acids is 3. The van der Waals surface area contributed by atoms with Crippen LogP contribution in [0.2, 0.25) is 0 Å². The summed E-state index contributed by atoms with van der Waals surface area (Å²) in [4.78, 5) is 34.7. The Hall–Kier alpha value is -1.67. The van der Waals surface area contributed by atoms with Gasteiger partial charge in [0.05, 0.1) is 5.92 Å². The van der Waals surface area contributed by atoms with E-state index in [2.05, 4.69) is 4.89 Å². The van der Waals surface area contributed by atoms with Crippen LogP contribution in [-0.2, 0) is 19.3 Å². The molecule has 0 saturated carbocycles. The second kappa shape index (κ2) is 5.94. The molecule has 8 nitrogen and oxygen atoms in total. The van der Waals surface area contributed by atoms with Crippen molar-refractivity contribution in [2.45, 2.75) is 18.9 Å². The van der Waals surface area contributed by atoms with Gasteiger partial charge in [0.25, 0.3) is 0 Å². The molecule has 0 aliphatic rings. The average Bonchev–Trinajstić information content (AvgIpc) is 2.10. The Balaban J connectivity index is 4.55. The van der Waals surface area contributed by atoms with Crippen molar-refractivity contribution in [1.29, 1.82) is 0 Å². The maximum absolute atomic E-state index is 10.6. The Labute approximate surface area is 83.6 Å². The minimum Gasteiger partial charge on any atom is -0.481 e. The van der Waals surface area contributed by atoms with Crippen molar-refractivity contribution >= 4 is 17.9 Å². The highest BCUT2D eigenvalue weighted by Crippen LogP contribution is 2.15. The minimum atomic E-state index is -1.97. The molecule has 0 rings (SSSR count). The maximum atomic E-state index is 10.6. The van der Waals surface area contributed by atoms with Gasteiger partial charge in [-0.3, -0.25) is 14.8 Å². The fraction of sp³-hybridized carbons (Fsp3) is 0.571. The molecule has 0 aromatic heterocycles. The second-order valence-electron chi connectivity index (χ2n) is 2.74. The third-order valence-corrected chi connectivity index (χ3v) is 1.71. The van der Waals surface area contributed by atoms with E-state index >= 15 is 0 Å². The van der Waals surface area contributed by atoms with Crippen LogP contribution in [0.1, 0.15) is 12.8 Å². The molecule has 15 heavy (non-hydrogen) atoms. The summed E-state index contributed by atoms with van der Waals surface area (Å²) in [5, 5.41) is 33.5. The van der Waals surface area contributed by atoms with Gasteiger partial charge in [-0.15, -0.1) is 0 Å². The van der Waals surface area contributed by atoms with Gasteiger partial charge in [-0.25, -0.2) is 9.68 Å². The molecule has 0 amide bonds. The lowest BCUT2D eigenvalue weighted by Crippen LogP contribution is -2.36. The zero-order chi connectivity index (χ0) is 12.0. The highest BCUT2D eigenvalue weighted by atomic mass is 17.1. The number of rotatable bonds is 7. The Morgan fingerprint density at radius 3 is 1.87 bits per heavy atom. The number of carboxylic acid groups (broad SMARTS) is 3. The molecule has 4 N–H and O–H groups in total. The predicted molar refractivity (Wildman–Crippen MR) is 43.1 cm³/mol. The van der Waals surface area contributed by atoms with Gasteiger partial charge in [-0.05, 0) is 6.42 Å². The fourth-order valence-corrected chi connectivity index (χ4v) is 0.974. The summed E-state index contributed by atoms with van der Waals surface area (Å²) in [6, 6.07) is 0. The Kier molecular flexibility index (Phi) is 5.27. The zero-order valence-electron chi connectivity index (χ0n) is 7.49. The van der Waals surface area contributed by atoms with Crippen molar-refractivity contribution in [1.82, 2.24) is 0 Å². The van der Waals surface area contributed by atoms with Crippen molar-refractivity contribution in [3.8, 4) is 0 Å². The van der Waals surface area contributed by atoms with Crippen LogP contribution >= 0.6 is 0 Å². The van der Waals surface area contributed by atoms with Gasteiger partial charge in [0.1, 0.15) is 0 Å². The predicted octanol–water partition coefficient (Wildman–Crippen LogP) is -0.505. The van der Waals surface area contributed by atoms with Crippen LogP contribution in [0.4, 0.5) is 0 Å². The highest BCUT2D eigenvalue weighted by Gasteiger charge is 2.35. The number of hydrogen-bond donors (Lipinski definition) is 4. The van der Waals surface area contributed by atoms with E-state index in [9.17, 15) is 14.4 Å². The summed E-state index contributed by atoms with van der Waals surface area (Å²) in [5.74, 6) is -6.08. The van der Waals surface area contributed by atoms with E-state index in [0.29, 0.717) is 0 Å². The Bertz CT molecular complexity index is 260. The van der Waals surface area contributed by atoms with E-state index < -0.39 is 42.8 Å². The molecule has 0 radical (unpaired) electrons. The Morgan fingerprint density at radius 2 is 1.60 bits per heavy atom. The average molecular weight is 222 g/mol. The van der Waals surface area contributed by atoms with Crippen molar-refractivity contribution in [3.05, 3.63) is 0 Å². The van der Waals surface area contributed by atoms with E-state index in [-0.39, 0.29) is 0 Å². The largest absolute Gasteiger partial charge is 0.481 e. The van der Waals surface area contributed by atoms with Crippen LogP contribution in [0.3, 0.4) is 0 Å². The lowest BCUT2D eigenvalue weighted by molar-refractivity contribution is -0.286. The van der Waals surface area contributed by atoms with Gasteiger partial charge >= 0.3 is 17.9 Å². The molecule has 0 spiro atoms. The van der Waals surface area contributed by atoms with Crippen molar-refractivity contribution in [2.75, 3.05) is 0 Å². The smallest absolute Gasteiger partial charge is 0.337 e. The lowest BCUT2D eigenvalue weighted by atomic mass is 9.97. The van der Waals surface area contributed by atoms with E-state index in [1.165, 1.54) is 0 Å². The third-order valence-electron chi connectivity index (χ3n) is 1.71. The fourth-order valence-electron chi connectivity index (χ4n) is 0.974. The number of carbonyl (C=O) groups is 3. The van der Waals surface area contributed by atoms with Crippen molar-refractivity contribution in [2.24, 2.45) is 5.92 Å². The highest BCUT2D eigenvalue weighted by molar-refractivity contribution is 5.82. The standard InChI is InChI=1S/C7H10O8/c8-4(9)2-1-3(6(10)11)5(15-14)7(12)13/h3,5,14H,1-2H2,(H,8,9)(H,10,11)(H,12,13). The molecule has 2 atom stereocenters. The molecule has 0 aromatic carbocycles. The van der Waals surface area contributed by atoms with Gasteiger partial charge in [-0.1, -0.05) is 0 Å². The zero-order valence-corrected chi connectivity index (χ0v) is 7.49. The van der Waals surface area contributed by atoms with Crippen LogP contribution in [0.5, 0.6) is 0 Å². The topological polar surface area (TPSA) is 141 Å². The first-order valence-corrected chi connectivity index (χ1v) is 3.87. The van der Waals surface area contributed by atoms with E-state index in [1.807, 2.05) is 0 Å². The monoisotopic (exact) mass is 222 g/mol. The Morgan fingerprint density at radius 1 is 1.07 bits per heavy atom. The van der Waals surface area contributed by atoms with E-state index in [1.54, 1.807) is 0 Å². The maximum Gasteiger partial charge on any atom is 0.337 e. The van der Waals surface area contributed by atoms with Gasteiger partial charge in [0, 0.05) is 6.42 Å². The van der Waals surface area contributed by atoms with Crippen LogP contribution in [0.25, 0.3) is 0 Å². The first-order valence-electron chi connectivity index (χ1n) is 3.87. The molecular formula is C7H10O8. The minimum absolute atomic E-state index is 0.442. The van der Waals surface area contributed by atoms with Crippen molar-refractivity contribution < 1.29 is 39.8 Å². The molecule has 86 valence electrons. The first-order chi connectivity index (χ1) is 6.90. The summed E-state index contributed by atoms with van der Waals surface area (Å²) in [6.45, 7) is 0. The molecule has 0 heterocycles. The SMILES string of the molecule is O=C(O)CCC(C(=O)O)C(OO)C(=O)O. The summed E-state index contributed by atoms with van der Waals surface area (Å²) in [6.07, 6.45) is -2.94. The van der Waals surface area contributed by atoms with E-state index in [4.69, 9.17) is 20.6 Å². The molecule has 0 saturated heterocycles. The van der Waals surface area contributed by atoms with Crippen LogP contribution in [0.15, 0.2) is 0 Å². The van der Waals surface area contributed by atoms with Gasteiger partial charge in [0.15, 0.2) is 0 Å². The van der Waals surface area contributed by atoms with Crippen molar-refractivity contribution in [3.63, 3.8) is 0 Å². The summed E-state index contributed by atoms with van der Waals surface area (Å²) in [5.41, 5.74) is 0.